The Morgan fingerprint density at radius 3 is 2.41 bits per heavy atom. The molecule has 1 fully saturated rings. The van der Waals surface area contributed by atoms with E-state index in [1.165, 1.54) is 11.0 Å². The first-order valence-electron chi connectivity index (χ1n) is 8.52. The van der Waals surface area contributed by atoms with Gasteiger partial charge in [-0.25, -0.2) is 4.79 Å². The molecule has 27 heavy (non-hydrogen) atoms. The Balaban J connectivity index is 1.60. The zero-order valence-corrected chi connectivity index (χ0v) is 14.5. The molecule has 0 spiro atoms. The van der Waals surface area contributed by atoms with Crippen LogP contribution in [0.3, 0.4) is 0 Å². The van der Waals surface area contributed by atoms with Gasteiger partial charge >= 0.3 is 5.97 Å². The maximum Gasteiger partial charge on any atom is 0.340 e. The zero-order valence-electron chi connectivity index (χ0n) is 14.5. The molecule has 7 nitrogen and oxygen atoms in total. The van der Waals surface area contributed by atoms with E-state index in [2.05, 4.69) is 5.32 Å². The van der Waals surface area contributed by atoms with E-state index in [0.29, 0.717) is 24.2 Å². The van der Waals surface area contributed by atoms with Gasteiger partial charge in [0.05, 0.1) is 11.3 Å². The van der Waals surface area contributed by atoms with Crippen LogP contribution in [0.25, 0.3) is 0 Å². The Kier molecular flexibility index (Phi) is 5.61. The van der Waals surface area contributed by atoms with Gasteiger partial charge in [-0.1, -0.05) is 30.3 Å². The first kappa shape index (κ1) is 18.3. The van der Waals surface area contributed by atoms with Gasteiger partial charge in [0.2, 0.25) is 5.91 Å². The lowest BCUT2D eigenvalue weighted by molar-refractivity contribution is -0.123. The molecule has 3 amide bonds. The van der Waals surface area contributed by atoms with Crippen LogP contribution >= 0.6 is 0 Å². The molecule has 1 aliphatic rings. The van der Waals surface area contributed by atoms with Crippen LogP contribution in [0, 0.1) is 0 Å². The minimum Gasteiger partial charge on any atom is -0.452 e. The van der Waals surface area contributed by atoms with E-state index in [1.807, 2.05) is 0 Å². The number of benzene rings is 2. The number of hydrogen-bond donors (Lipinski definition) is 1. The highest BCUT2D eigenvalue weighted by molar-refractivity contribution is 6.06. The van der Waals surface area contributed by atoms with Gasteiger partial charge in [0.1, 0.15) is 0 Å². The van der Waals surface area contributed by atoms with Gasteiger partial charge in [0.15, 0.2) is 6.61 Å². The van der Waals surface area contributed by atoms with Crippen molar-refractivity contribution in [3.8, 4) is 0 Å². The third kappa shape index (κ3) is 4.38. The first-order valence-corrected chi connectivity index (χ1v) is 8.52. The number of rotatable bonds is 5. The number of imide groups is 1. The molecular weight excluding hydrogens is 348 g/mol. The van der Waals surface area contributed by atoms with Crippen molar-refractivity contribution in [1.82, 2.24) is 5.32 Å². The van der Waals surface area contributed by atoms with Crippen molar-refractivity contribution < 1.29 is 23.9 Å². The lowest BCUT2D eigenvalue weighted by atomic mass is 10.1. The van der Waals surface area contributed by atoms with Gasteiger partial charge < -0.3 is 9.64 Å². The molecule has 1 N–H and O–H groups in total. The van der Waals surface area contributed by atoms with Gasteiger partial charge in [-0.15, -0.1) is 0 Å². The molecular formula is C20H18N2O5. The van der Waals surface area contributed by atoms with E-state index in [1.54, 1.807) is 48.5 Å². The number of para-hydroxylation sites is 1. The Hall–Kier alpha value is -3.48. The van der Waals surface area contributed by atoms with Crippen molar-refractivity contribution in [2.24, 2.45) is 0 Å². The highest BCUT2D eigenvalue weighted by Crippen LogP contribution is 2.25. The molecule has 0 saturated carbocycles. The second-order valence-corrected chi connectivity index (χ2v) is 5.99. The number of carbonyl (C=O) groups is 4. The molecule has 0 atom stereocenters. The Labute approximate surface area is 155 Å². The summed E-state index contributed by atoms with van der Waals surface area (Å²) in [6.45, 7) is -0.0606. The Morgan fingerprint density at radius 2 is 1.70 bits per heavy atom. The second kappa shape index (κ2) is 8.27. The number of anilines is 1. The quantitative estimate of drug-likeness (QED) is 0.816. The summed E-state index contributed by atoms with van der Waals surface area (Å²) in [6.07, 6.45) is 1.17. The summed E-state index contributed by atoms with van der Waals surface area (Å²) in [4.78, 5) is 49.6. The normalized spacial score (nSPS) is 13.3. The van der Waals surface area contributed by atoms with Gasteiger partial charge in [-0.05, 0) is 30.7 Å². The molecule has 0 radical (unpaired) electrons. The zero-order chi connectivity index (χ0) is 19.2. The van der Waals surface area contributed by atoms with Crippen molar-refractivity contribution >= 4 is 29.4 Å². The van der Waals surface area contributed by atoms with E-state index in [9.17, 15) is 19.2 Å². The summed E-state index contributed by atoms with van der Waals surface area (Å²) >= 11 is 0. The minimum atomic E-state index is -0.730. The van der Waals surface area contributed by atoms with Crippen LogP contribution in [-0.4, -0.2) is 36.8 Å². The molecule has 0 unspecified atom stereocenters. The van der Waals surface area contributed by atoms with Crippen LogP contribution in [0.2, 0.25) is 0 Å². The van der Waals surface area contributed by atoms with Crippen LogP contribution in [0.4, 0.5) is 5.69 Å². The molecule has 2 aromatic rings. The van der Waals surface area contributed by atoms with Crippen LogP contribution in [0.5, 0.6) is 0 Å². The fraction of sp³-hybridized carbons (Fsp3) is 0.200. The third-order valence-electron chi connectivity index (χ3n) is 4.11. The van der Waals surface area contributed by atoms with Crippen LogP contribution < -0.4 is 10.2 Å². The molecule has 7 heteroatoms. The van der Waals surface area contributed by atoms with Gasteiger partial charge in [0, 0.05) is 18.5 Å². The van der Waals surface area contributed by atoms with E-state index < -0.39 is 24.4 Å². The van der Waals surface area contributed by atoms with Crippen molar-refractivity contribution in [1.29, 1.82) is 0 Å². The molecule has 0 aliphatic carbocycles. The summed E-state index contributed by atoms with van der Waals surface area (Å²) < 4.78 is 5.02. The maximum atomic E-state index is 12.4. The van der Waals surface area contributed by atoms with Gasteiger partial charge in [-0.3, -0.25) is 19.7 Å². The molecule has 138 valence electrons. The van der Waals surface area contributed by atoms with Crippen LogP contribution in [0.1, 0.15) is 33.6 Å². The summed E-state index contributed by atoms with van der Waals surface area (Å²) in [5.74, 6) is -2.08. The topological polar surface area (TPSA) is 92.8 Å². The Morgan fingerprint density at radius 1 is 1.00 bits per heavy atom. The maximum absolute atomic E-state index is 12.4. The fourth-order valence-corrected chi connectivity index (χ4v) is 2.82. The van der Waals surface area contributed by atoms with Crippen molar-refractivity contribution in [3.05, 3.63) is 65.7 Å². The van der Waals surface area contributed by atoms with E-state index in [-0.39, 0.29) is 11.5 Å². The Bertz CT molecular complexity index is 879. The van der Waals surface area contributed by atoms with Crippen molar-refractivity contribution in [2.75, 3.05) is 18.1 Å². The number of esters is 1. The fourth-order valence-electron chi connectivity index (χ4n) is 2.82. The number of amides is 3. The SMILES string of the molecule is O=C(COC(=O)c1ccccc1N1CCCC1=O)NC(=O)c1ccccc1. The van der Waals surface area contributed by atoms with Crippen LogP contribution in [0.15, 0.2) is 54.6 Å². The largest absolute Gasteiger partial charge is 0.452 e. The molecule has 0 bridgehead atoms. The monoisotopic (exact) mass is 366 g/mol. The average Bonchev–Trinajstić information content (AvgIpc) is 3.12. The van der Waals surface area contributed by atoms with Crippen molar-refractivity contribution in [3.63, 3.8) is 0 Å². The highest BCUT2D eigenvalue weighted by Gasteiger charge is 2.26. The molecule has 3 rings (SSSR count). The minimum absolute atomic E-state index is 0.0542. The van der Waals surface area contributed by atoms with Crippen molar-refractivity contribution in [2.45, 2.75) is 12.8 Å². The van der Waals surface area contributed by atoms with Gasteiger partial charge in [0.25, 0.3) is 11.8 Å². The summed E-state index contributed by atoms with van der Waals surface area (Å²) in [6, 6.07) is 14.8. The third-order valence-corrected chi connectivity index (χ3v) is 4.11. The summed E-state index contributed by atoms with van der Waals surface area (Å²) in [7, 11) is 0. The van der Waals surface area contributed by atoms with E-state index in [0.717, 1.165) is 6.42 Å². The molecule has 2 aromatic carbocycles. The lowest BCUT2D eigenvalue weighted by Gasteiger charge is -2.18. The van der Waals surface area contributed by atoms with Gasteiger partial charge in [-0.2, -0.15) is 0 Å². The summed E-state index contributed by atoms with van der Waals surface area (Å²) in [5.41, 5.74) is 0.996. The van der Waals surface area contributed by atoms with Crippen LogP contribution in [-0.2, 0) is 14.3 Å². The predicted octanol–water partition coefficient (Wildman–Crippen LogP) is 1.93. The smallest absolute Gasteiger partial charge is 0.340 e. The molecule has 0 aromatic heterocycles. The van der Waals surface area contributed by atoms with E-state index >= 15 is 0 Å². The lowest BCUT2D eigenvalue weighted by Crippen LogP contribution is -2.34. The number of ether oxygens (including phenoxy) is 1. The number of carbonyl (C=O) groups excluding carboxylic acids is 4. The number of nitrogens with one attached hydrogen (secondary N) is 1. The molecule has 1 aliphatic heterocycles. The average molecular weight is 366 g/mol. The predicted molar refractivity (Wildman–Crippen MR) is 97.2 cm³/mol. The number of nitrogens with zero attached hydrogens (tertiary/aromatic N) is 1. The standard InChI is InChI=1S/C20H18N2O5/c23-17(21-19(25)14-7-2-1-3-8-14)13-27-20(26)15-9-4-5-10-16(15)22-12-6-11-18(22)24/h1-5,7-10H,6,11-13H2,(H,21,23,25). The van der Waals surface area contributed by atoms with E-state index in [4.69, 9.17) is 4.74 Å². The summed E-state index contributed by atoms with van der Waals surface area (Å²) in [5, 5.41) is 2.16. The molecule has 1 heterocycles. The highest BCUT2D eigenvalue weighted by atomic mass is 16.5. The second-order valence-electron chi connectivity index (χ2n) is 5.99. The molecule has 1 saturated heterocycles. The first-order chi connectivity index (χ1) is 13.1. The number of hydrogen-bond acceptors (Lipinski definition) is 5.